The van der Waals surface area contributed by atoms with E-state index >= 15 is 0 Å². The highest BCUT2D eigenvalue weighted by atomic mass is 32.2. The lowest BCUT2D eigenvalue weighted by Gasteiger charge is -2.31. The van der Waals surface area contributed by atoms with Gasteiger partial charge in [0.25, 0.3) is 0 Å². The second-order valence-electron chi connectivity index (χ2n) is 8.74. The third kappa shape index (κ3) is 4.10. The van der Waals surface area contributed by atoms with E-state index in [1.165, 1.54) is 17.1 Å². The van der Waals surface area contributed by atoms with Crippen LogP contribution in [0.15, 0.2) is 18.5 Å². The lowest BCUT2D eigenvalue weighted by Crippen LogP contribution is -2.47. The molecule has 1 saturated heterocycles. The van der Waals surface area contributed by atoms with Crippen LogP contribution in [0.5, 0.6) is 5.75 Å². The number of rotatable bonds is 4. The molecule has 1 aromatic carbocycles. The summed E-state index contributed by atoms with van der Waals surface area (Å²) in [5, 5.41) is 8.52. The number of sulfone groups is 1. The zero-order valence-electron chi connectivity index (χ0n) is 18.9. The molecule has 1 aliphatic heterocycles. The van der Waals surface area contributed by atoms with Gasteiger partial charge in [0.15, 0.2) is 9.84 Å². The van der Waals surface area contributed by atoms with Gasteiger partial charge in [0, 0.05) is 30.0 Å². The van der Waals surface area contributed by atoms with E-state index in [1.54, 1.807) is 29.7 Å². The van der Waals surface area contributed by atoms with Gasteiger partial charge in [-0.25, -0.2) is 18.4 Å². The van der Waals surface area contributed by atoms with Crippen molar-refractivity contribution in [2.45, 2.75) is 19.3 Å². The van der Waals surface area contributed by atoms with Crippen LogP contribution in [0.25, 0.3) is 20.4 Å². The van der Waals surface area contributed by atoms with Crippen LogP contribution >= 0.6 is 22.9 Å². The van der Waals surface area contributed by atoms with E-state index < -0.39 is 9.84 Å². The minimum absolute atomic E-state index is 0.0526. The molecule has 0 radical (unpaired) electrons. The normalized spacial score (nSPS) is 19.6. The van der Waals surface area contributed by atoms with Crippen molar-refractivity contribution in [1.29, 1.82) is 0 Å². The van der Waals surface area contributed by atoms with Crippen molar-refractivity contribution in [3.8, 4) is 5.75 Å². The Morgan fingerprint density at radius 1 is 1.23 bits per heavy atom. The van der Waals surface area contributed by atoms with E-state index in [0.717, 1.165) is 43.8 Å². The van der Waals surface area contributed by atoms with E-state index in [9.17, 15) is 13.2 Å². The minimum Gasteiger partial charge on any atom is -0.494 e. The van der Waals surface area contributed by atoms with Crippen LogP contribution in [0.1, 0.15) is 16.9 Å². The molecule has 0 saturated carbocycles. The number of methoxy groups -OCH3 is 1. The van der Waals surface area contributed by atoms with E-state index in [4.69, 9.17) is 4.74 Å². The summed E-state index contributed by atoms with van der Waals surface area (Å²) in [6, 6.07) is 3.81. The molecule has 1 N–H and O–H groups in total. The van der Waals surface area contributed by atoms with Crippen molar-refractivity contribution in [2.75, 3.05) is 37.0 Å². The topological polar surface area (TPSA) is 127 Å². The van der Waals surface area contributed by atoms with Gasteiger partial charge in [0.05, 0.1) is 34.4 Å². The van der Waals surface area contributed by atoms with Gasteiger partial charge in [-0.2, -0.15) is 0 Å². The fraction of sp³-hybridized carbons (Fsp3) is 0.409. The number of carbonyl (C=O) groups excluding carboxylic acids is 1. The molecule has 6 rings (SSSR count). The van der Waals surface area contributed by atoms with Crippen molar-refractivity contribution in [2.24, 2.45) is 5.92 Å². The van der Waals surface area contributed by atoms with Crippen molar-refractivity contribution < 1.29 is 17.9 Å². The molecule has 1 aliphatic carbocycles. The molecule has 1 unspecified atom stereocenters. The maximum Gasteiger partial charge on any atom is 0.226 e. The van der Waals surface area contributed by atoms with E-state index in [1.807, 2.05) is 12.1 Å². The SMILES string of the molecule is COc1cc2nnsc2cc1Nc1ncnc2sc3c(c12)CCC(C(=O)N1CCS(=O)(=O)CC1)C3. The molecule has 13 heteroatoms. The summed E-state index contributed by atoms with van der Waals surface area (Å²) in [6.07, 6.45) is 3.65. The Kier molecular flexibility index (Phi) is 5.57. The quantitative estimate of drug-likeness (QED) is 0.424. The van der Waals surface area contributed by atoms with Crippen LogP contribution in [0.4, 0.5) is 11.5 Å². The summed E-state index contributed by atoms with van der Waals surface area (Å²) in [5.41, 5.74) is 2.73. The Balaban J connectivity index is 1.29. The van der Waals surface area contributed by atoms with Crippen LogP contribution < -0.4 is 10.1 Å². The average molecular weight is 531 g/mol. The first kappa shape index (κ1) is 22.6. The first-order valence-electron chi connectivity index (χ1n) is 11.2. The molecule has 1 fully saturated rings. The highest BCUT2D eigenvalue weighted by molar-refractivity contribution is 7.91. The molecule has 3 aromatic heterocycles. The lowest BCUT2D eigenvalue weighted by atomic mass is 9.87. The number of ether oxygens (including phenoxy) is 1. The van der Waals surface area contributed by atoms with E-state index in [0.29, 0.717) is 18.0 Å². The molecule has 4 heterocycles. The molecular formula is C22H22N6O4S3. The Morgan fingerprint density at radius 3 is 2.86 bits per heavy atom. The van der Waals surface area contributed by atoms with Crippen LogP contribution in [-0.2, 0) is 27.5 Å². The summed E-state index contributed by atoms with van der Waals surface area (Å²) in [6.45, 7) is 0.579. The van der Waals surface area contributed by atoms with Gasteiger partial charge < -0.3 is 15.0 Å². The van der Waals surface area contributed by atoms with Gasteiger partial charge in [0.2, 0.25) is 5.91 Å². The Hall–Kier alpha value is -2.90. The second kappa shape index (κ2) is 8.64. The Labute approximate surface area is 209 Å². The van der Waals surface area contributed by atoms with Gasteiger partial charge >= 0.3 is 0 Å². The fourth-order valence-electron chi connectivity index (χ4n) is 4.81. The number of anilines is 2. The number of hydrogen-bond donors (Lipinski definition) is 1. The first-order valence-corrected chi connectivity index (χ1v) is 14.6. The maximum absolute atomic E-state index is 13.1. The summed E-state index contributed by atoms with van der Waals surface area (Å²) in [7, 11) is -1.41. The first-order chi connectivity index (χ1) is 16.9. The smallest absolute Gasteiger partial charge is 0.226 e. The number of thiophene rings is 1. The lowest BCUT2D eigenvalue weighted by molar-refractivity contribution is -0.135. The molecule has 0 bridgehead atoms. The number of nitrogens with zero attached hydrogens (tertiary/aromatic N) is 5. The number of nitrogens with one attached hydrogen (secondary N) is 1. The highest BCUT2D eigenvalue weighted by Crippen LogP contribution is 2.42. The predicted molar refractivity (Wildman–Crippen MR) is 135 cm³/mol. The van der Waals surface area contributed by atoms with Gasteiger partial charge in [-0.05, 0) is 42.4 Å². The van der Waals surface area contributed by atoms with Gasteiger partial charge in [-0.1, -0.05) is 4.49 Å². The summed E-state index contributed by atoms with van der Waals surface area (Å²) in [4.78, 5) is 25.9. The van der Waals surface area contributed by atoms with Gasteiger partial charge in [0.1, 0.15) is 28.2 Å². The van der Waals surface area contributed by atoms with Crippen molar-refractivity contribution in [3.05, 3.63) is 28.9 Å². The Morgan fingerprint density at radius 2 is 2.06 bits per heavy atom. The minimum atomic E-state index is -3.02. The zero-order chi connectivity index (χ0) is 24.2. The Bertz CT molecular complexity index is 1550. The van der Waals surface area contributed by atoms with Crippen LogP contribution in [0, 0.1) is 5.92 Å². The molecule has 35 heavy (non-hydrogen) atoms. The fourth-order valence-corrected chi connectivity index (χ4v) is 7.86. The number of benzene rings is 1. The van der Waals surface area contributed by atoms with Gasteiger partial charge in [-0.15, -0.1) is 16.4 Å². The molecule has 2 aliphatic rings. The maximum atomic E-state index is 13.1. The van der Waals surface area contributed by atoms with Crippen LogP contribution in [-0.4, -0.2) is 70.5 Å². The largest absolute Gasteiger partial charge is 0.494 e. The molecule has 10 nitrogen and oxygen atoms in total. The number of hydrogen-bond acceptors (Lipinski definition) is 11. The highest BCUT2D eigenvalue weighted by Gasteiger charge is 2.34. The van der Waals surface area contributed by atoms with Crippen LogP contribution in [0.3, 0.4) is 0 Å². The number of fused-ring (bicyclic) bond motifs is 4. The standard InChI is InChI=1S/C22H22N6O4S3/c1-32-16-9-15-18(34-27-26-15)10-14(16)25-20-19-13-3-2-12(8-17(13)33-21(19)24-11-23-20)22(29)28-4-6-35(30,31)7-5-28/h9-12H,2-8H2,1H3,(H,23,24,25). The molecule has 182 valence electrons. The van der Waals surface area contributed by atoms with Crippen molar-refractivity contribution in [1.82, 2.24) is 24.5 Å². The van der Waals surface area contributed by atoms with Crippen molar-refractivity contribution >= 4 is 70.6 Å². The third-order valence-corrected chi connectivity index (χ3v) is 10.1. The molecule has 1 atom stereocenters. The summed E-state index contributed by atoms with van der Waals surface area (Å²) in [5.74, 6) is 1.38. The zero-order valence-corrected chi connectivity index (χ0v) is 21.3. The van der Waals surface area contributed by atoms with Gasteiger partial charge in [-0.3, -0.25) is 4.79 Å². The number of aromatic nitrogens is 4. The monoisotopic (exact) mass is 530 g/mol. The third-order valence-electron chi connectivity index (χ3n) is 6.67. The molecule has 1 amide bonds. The molecular weight excluding hydrogens is 508 g/mol. The van der Waals surface area contributed by atoms with Crippen molar-refractivity contribution in [3.63, 3.8) is 0 Å². The molecule has 0 spiro atoms. The van der Waals surface area contributed by atoms with Crippen LogP contribution in [0.2, 0.25) is 0 Å². The van der Waals surface area contributed by atoms with E-state index in [2.05, 4.69) is 24.9 Å². The second-order valence-corrected chi connectivity index (χ2v) is 12.9. The van der Waals surface area contributed by atoms with E-state index in [-0.39, 0.29) is 36.4 Å². The number of aryl methyl sites for hydroxylation is 1. The number of carbonyl (C=O) groups is 1. The number of amides is 1. The molecule has 4 aromatic rings. The summed E-state index contributed by atoms with van der Waals surface area (Å²) >= 11 is 2.92. The summed E-state index contributed by atoms with van der Waals surface area (Å²) < 4.78 is 34.0. The predicted octanol–water partition coefficient (Wildman–Crippen LogP) is 2.81. The average Bonchev–Trinajstić information content (AvgIpc) is 3.46.